The average Bonchev–Trinajstić information content (AvgIpc) is 3.46. The summed E-state index contributed by atoms with van der Waals surface area (Å²) in [6.45, 7) is 1.81. The fourth-order valence-corrected chi connectivity index (χ4v) is 4.95. The van der Waals surface area contributed by atoms with E-state index in [0.717, 1.165) is 18.5 Å². The minimum Gasteiger partial charge on any atom is -0.507 e. The third-order valence-corrected chi connectivity index (χ3v) is 7.06. The van der Waals surface area contributed by atoms with Crippen molar-refractivity contribution in [3.63, 3.8) is 0 Å². The molecule has 9 nitrogen and oxygen atoms in total. The van der Waals surface area contributed by atoms with Crippen LogP contribution in [0.4, 0.5) is 5.69 Å². The molecule has 0 radical (unpaired) electrons. The Balaban J connectivity index is 1.33. The van der Waals surface area contributed by atoms with Crippen LogP contribution in [-0.2, 0) is 11.8 Å². The van der Waals surface area contributed by atoms with Crippen molar-refractivity contribution >= 4 is 23.2 Å². The largest absolute Gasteiger partial charge is 0.507 e. The topological polar surface area (TPSA) is 115 Å². The van der Waals surface area contributed by atoms with E-state index in [2.05, 4.69) is 15.5 Å². The molecule has 1 aliphatic rings. The number of aromatic hydroxyl groups is 1. The molecule has 36 heavy (non-hydrogen) atoms. The van der Waals surface area contributed by atoms with Crippen LogP contribution in [0.25, 0.3) is 17.1 Å². The van der Waals surface area contributed by atoms with E-state index in [4.69, 9.17) is 16.0 Å². The van der Waals surface area contributed by atoms with Crippen molar-refractivity contribution in [2.24, 2.45) is 13.0 Å². The standard InChI is InChI=1S/C26H26ClN5O4/c1-15-22(26(35)32(31(15)2)19-9-4-3-5-10-19)28-23(34)16-7-6-8-17(13-16)24-29-30-25(36-24)20-14-18(27)11-12-21(20)33/h3-5,9-12,14,16-17,33H,6-8,13H2,1-2H3,(H,28,34)/t16-,17+/m1/s1. The molecule has 2 N–H and O–H groups in total. The number of hydrogen-bond donors (Lipinski definition) is 2. The number of phenols is 1. The van der Waals surface area contributed by atoms with Crippen LogP contribution in [-0.4, -0.2) is 30.6 Å². The summed E-state index contributed by atoms with van der Waals surface area (Å²) in [6, 6.07) is 13.9. The average molecular weight is 508 g/mol. The van der Waals surface area contributed by atoms with Crippen LogP contribution >= 0.6 is 11.6 Å². The Morgan fingerprint density at radius 2 is 1.94 bits per heavy atom. The van der Waals surface area contributed by atoms with Gasteiger partial charge in [-0.25, -0.2) is 4.68 Å². The highest BCUT2D eigenvalue weighted by atomic mass is 35.5. The molecular weight excluding hydrogens is 482 g/mol. The number of carbonyl (C=O) groups is 1. The summed E-state index contributed by atoms with van der Waals surface area (Å²) >= 11 is 6.04. The number of halogens is 1. The number of nitrogens with zero attached hydrogens (tertiary/aromatic N) is 4. The second-order valence-electron chi connectivity index (χ2n) is 9.09. The number of hydrogen-bond acceptors (Lipinski definition) is 6. The second-order valence-corrected chi connectivity index (χ2v) is 9.53. The molecular formula is C26H26ClN5O4. The number of benzene rings is 2. The maximum atomic E-state index is 13.2. The van der Waals surface area contributed by atoms with Crippen molar-refractivity contribution < 1.29 is 14.3 Å². The highest BCUT2D eigenvalue weighted by Crippen LogP contribution is 2.38. The molecule has 1 fully saturated rings. The van der Waals surface area contributed by atoms with Gasteiger partial charge in [-0.05, 0) is 56.5 Å². The highest BCUT2D eigenvalue weighted by molar-refractivity contribution is 6.30. The van der Waals surface area contributed by atoms with Crippen LogP contribution in [0, 0.1) is 12.8 Å². The molecule has 2 aromatic carbocycles. The lowest BCUT2D eigenvalue weighted by atomic mass is 9.81. The zero-order valence-electron chi connectivity index (χ0n) is 19.9. The van der Waals surface area contributed by atoms with Gasteiger partial charge in [-0.15, -0.1) is 10.2 Å². The summed E-state index contributed by atoms with van der Waals surface area (Å²) in [4.78, 5) is 26.4. The van der Waals surface area contributed by atoms with Crippen LogP contribution in [0.2, 0.25) is 5.02 Å². The van der Waals surface area contributed by atoms with Crippen LogP contribution in [0.5, 0.6) is 5.75 Å². The van der Waals surface area contributed by atoms with Crippen molar-refractivity contribution in [2.75, 3.05) is 5.32 Å². The molecule has 0 unspecified atom stereocenters. The summed E-state index contributed by atoms with van der Waals surface area (Å²) in [6.07, 6.45) is 2.84. The van der Waals surface area contributed by atoms with Crippen molar-refractivity contribution in [1.29, 1.82) is 0 Å². The number of rotatable bonds is 5. The Labute approximate surface area is 212 Å². The number of phenolic OH excluding ortho intramolecular Hbond substituents is 1. The van der Waals surface area contributed by atoms with Crippen molar-refractivity contribution in [3.8, 4) is 22.9 Å². The van der Waals surface area contributed by atoms with E-state index < -0.39 is 0 Å². The smallest absolute Gasteiger partial charge is 0.295 e. The number of nitrogens with one attached hydrogen (secondary N) is 1. The Kier molecular flexibility index (Phi) is 6.40. The number of aromatic nitrogens is 4. The Morgan fingerprint density at radius 3 is 2.72 bits per heavy atom. The second kappa shape index (κ2) is 9.66. The molecule has 0 bridgehead atoms. The van der Waals surface area contributed by atoms with E-state index in [1.165, 1.54) is 6.07 Å². The Hall–Kier alpha value is -3.85. The van der Waals surface area contributed by atoms with Crippen LogP contribution in [0.3, 0.4) is 0 Å². The van der Waals surface area contributed by atoms with E-state index in [-0.39, 0.29) is 40.6 Å². The molecule has 4 aromatic rings. The molecule has 2 aromatic heterocycles. The highest BCUT2D eigenvalue weighted by Gasteiger charge is 2.32. The molecule has 0 aliphatic heterocycles. The molecule has 186 valence electrons. The van der Waals surface area contributed by atoms with Crippen molar-refractivity contribution in [3.05, 3.63) is 75.5 Å². The minimum absolute atomic E-state index is 0.00473. The third kappa shape index (κ3) is 4.42. The normalized spacial score (nSPS) is 17.8. The lowest BCUT2D eigenvalue weighted by molar-refractivity contribution is -0.121. The first-order valence-electron chi connectivity index (χ1n) is 11.8. The maximum absolute atomic E-state index is 13.2. The minimum atomic E-state index is -0.303. The fourth-order valence-electron chi connectivity index (χ4n) is 4.78. The van der Waals surface area contributed by atoms with Gasteiger partial charge in [-0.2, -0.15) is 0 Å². The summed E-state index contributed by atoms with van der Waals surface area (Å²) in [5.41, 5.74) is 1.77. The maximum Gasteiger partial charge on any atom is 0.295 e. The number of amides is 1. The zero-order valence-corrected chi connectivity index (χ0v) is 20.7. The van der Waals surface area contributed by atoms with Gasteiger partial charge in [0.25, 0.3) is 11.4 Å². The summed E-state index contributed by atoms with van der Waals surface area (Å²) < 4.78 is 9.15. The van der Waals surface area contributed by atoms with Gasteiger partial charge in [0, 0.05) is 23.9 Å². The molecule has 0 spiro atoms. The molecule has 10 heteroatoms. The molecule has 1 amide bonds. The SMILES string of the molecule is Cc1c(NC(=O)[C@@H]2CCC[C@H](c3nnc(-c4cc(Cl)ccc4O)o3)C2)c(=O)n(-c2ccccc2)n1C. The lowest BCUT2D eigenvalue weighted by Gasteiger charge is -2.26. The van der Waals surface area contributed by atoms with Crippen LogP contribution < -0.4 is 10.9 Å². The molecule has 2 atom stereocenters. The first-order chi connectivity index (χ1) is 17.3. The molecule has 0 saturated heterocycles. The third-order valence-electron chi connectivity index (χ3n) is 6.83. The van der Waals surface area contributed by atoms with E-state index >= 15 is 0 Å². The molecule has 5 rings (SSSR count). The van der Waals surface area contributed by atoms with E-state index in [9.17, 15) is 14.7 Å². The van der Waals surface area contributed by atoms with Gasteiger partial charge in [0.2, 0.25) is 11.8 Å². The lowest BCUT2D eigenvalue weighted by Crippen LogP contribution is -2.30. The van der Waals surface area contributed by atoms with Gasteiger partial charge in [-0.1, -0.05) is 36.2 Å². The fraction of sp³-hybridized carbons (Fsp3) is 0.308. The predicted molar refractivity (Wildman–Crippen MR) is 135 cm³/mol. The van der Waals surface area contributed by atoms with E-state index in [1.807, 2.05) is 37.3 Å². The number of anilines is 1. The number of para-hydroxylation sites is 1. The summed E-state index contributed by atoms with van der Waals surface area (Å²) in [5.74, 6) is -0.00671. The first kappa shape index (κ1) is 23.9. The number of carbonyl (C=O) groups excluding carboxylic acids is 1. The molecule has 1 saturated carbocycles. The summed E-state index contributed by atoms with van der Waals surface area (Å²) in [5, 5.41) is 21.7. The monoisotopic (exact) mass is 507 g/mol. The summed E-state index contributed by atoms with van der Waals surface area (Å²) in [7, 11) is 1.79. The quantitative estimate of drug-likeness (QED) is 0.400. The Morgan fingerprint density at radius 1 is 1.17 bits per heavy atom. The van der Waals surface area contributed by atoms with E-state index in [0.29, 0.717) is 35.0 Å². The predicted octanol–water partition coefficient (Wildman–Crippen LogP) is 4.81. The molecule has 2 heterocycles. The first-order valence-corrected chi connectivity index (χ1v) is 12.2. The van der Waals surface area contributed by atoms with Crippen molar-refractivity contribution in [2.45, 2.75) is 38.5 Å². The van der Waals surface area contributed by atoms with Gasteiger partial charge >= 0.3 is 0 Å². The van der Waals surface area contributed by atoms with Gasteiger partial charge in [0.15, 0.2) is 0 Å². The zero-order chi connectivity index (χ0) is 25.4. The van der Waals surface area contributed by atoms with Gasteiger partial charge in [0.05, 0.1) is 16.9 Å². The molecule has 1 aliphatic carbocycles. The van der Waals surface area contributed by atoms with Crippen molar-refractivity contribution in [1.82, 2.24) is 19.6 Å². The van der Waals surface area contributed by atoms with Gasteiger partial charge < -0.3 is 14.8 Å². The van der Waals surface area contributed by atoms with Gasteiger partial charge in [-0.3, -0.25) is 14.3 Å². The van der Waals surface area contributed by atoms with Crippen LogP contribution in [0.1, 0.15) is 43.2 Å². The van der Waals surface area contributed by atoms with Crippen LogP contribution in [0.15, 0.2) is 57.7 Å². The van der Waals surface area contributed by atoms with Gasteiger partial charge in [0.1, 0.15) is 11.4 Å². The van der Waals surface area contributed by atoms with E-state index in [1.54, 1.807) is 28.5 Å². The Bertz CT molecular complexity index is 1470.